The number of ether oxygens (including phenoxy) is 2. The molecule has 1 heterocycles. The van der Waals surface area contributed by atoms with Gasteiger partial charge in [-0.3, -0.25) is 9.79 Å². The molecule has 1 aliphatic rings. The molecule has 2 aromatic carbocycles. The van der Waals surface area contributed by atoms with E-state index in [1.165, 1.54) is 10.8 Å². The van der Waals surface area contributed by atoms with E-state index in [0.717, 1.165) is 5.56 Å². The first-order valence-electron chi connectivity index (χ1n) is 8.47. The lowest BCUT2D eigenvalue weighted by Crippen LogP contribution is -2.31. The molecule has 0 saturated heterocycles. The number of fused-ring (bicyclic) bond motifs is 1. The first-order chi connectivity index (χ1) is 11.6. The fourth-order valence-electron chi connectivity index (χ4n) is 3.15. The minimum atomic E-state index is -0.440. The van der Waals surface area contributed by atoms with E-state index in [-0.39, 0.29) is 18.0 Å². The van der Waals surface area contributed by atoms with Crippen molar-refractivity contribution in [2.45, 2.75) is 26.9 Å². The van der Waals surface area contributed by atoms with Crippen molar-refractivity contribution in [1.29, 1.82) is 0 Å². The van der Waals surface area contributed by atoms with Crippen LogP contribution in [0.25, 0.3) is 10.8 Å². The van der Waals surface area contributed by atoms with Gasteiger partial charge in [0, 0.05) is 5.56 Å². The van der Waals surface area contributed by atoms with Crippen LogP contribution in [0, 0.1) is 11.8 Å². The highest BCUT2D eigenvalue weighted by atomic mass is 16.5. The van der Waals surface area contributed by atoms with Crippen LogP contribution in [0.1, 0.15) is 32.4 Å². The summed E-state index contributed by atoms with van der Waals surface area (Å²) >= 11 is 0. The summed E-state index contributed by atoms with van der Waals surface area (Å²) in [6, 6.07) is 14.4. The van der Waals surface area contributed by atoms with Crippen LogP contribution in [-0.2, 0) is 14.3 Å². The molecule has 24 heavy (non-hydrogen) atoms. The number of rotatable bonds is 5. The van der Waals surface area contributed by atoms with Crippen LogP contribution in [0.2, 0.25) is 0 Å². The molecule has 4 heteroatoms. The van der Waals surface area contributed by atoms with Crippen LogP contribution in [0.4, 0.5) is 0 Å². The van der Waals surface area contributed by atoms with Crippen molar-refractivity contribution in [3.63, 3.8) is 0 Å². The Bertz CT molecular complexity index is 761. The molecule has 3 rings (SSSR count). The van der Waals surface area contributed by atoms with Gasteiger partial charge in [-0.2, -0.15) is 0 Å². The van der Waals surface area contributed by atoms with Gasteiger partial charge in [0.25, 0.3) is 0 Å². The average Bonchev–Trinajstić information content (AvgIpc) is 3.03. The van der Waals surface area contributed by atoms with Gasteiger partial charge in [0.05, 0.1) is 13.2 Å². The second-order valence-corrected chi connectivity index (χ2v) is 6.33. The van der Waals surface area contributed by atoms with Crippen molar-refractivity contribution >= 4 is 22.6 Å². The number of benzene rings is 2. The normalized spacial score (nSPS) is 18.3. The van der Waals surface area contributed by atoms with Gasteiger partial charge in [0.2, 0.25) is 0 Å². The van der Waals surface area contributed by atoms with E-state index in [1.54, 1.807) is 0 Å². The number of hydrogen-bond donors (Lipinski definition) is 0. The lowest BCUT2D eigenvalue weighted by Gasteiger charge is -2.21. The Hall–Kier alpha value is -2.36. The lowest BCUT2D eigenvalue weighted by molar-refractivity contribution is -0.147. The monoisotopic (exact) mass is 325 g/mol. The summed E-state index contributed by atoms with van der Waals surface area (Å²) < 4.78 is 11.3. The molecule has 2 unspecified atom stereocenters. The van der Waals surface area contributed by atoms with E-state index in [1.807, 2.05) is 39.0 Å². The van der Waals surface area contributed by atoms with E-state index < -0.39 is 5.92 Å². The maximum Gasteiger partial charge on any atom is 0.318 e. The van der Waals surface area contributed by atoms with Crippen LogP contribution in [0.3, 0.4) is 0 Å². The fraction of sp³-hybridized carbons (Fsp3) is 0.400. The molecule has 0 radical (unpaired) electrons. The van der Waals surface area contributed by atoms with E-state index in [4.69, 9.17) is 9.47 Å². The van der Waals surface area contributed by atoms with E-state index in [2.05, 4.69) is 29.3 Å². The summed E-state index contributed by atoms with van der Waals surface area (Å²) in [5.74, 6) is -0.120. The minimum Gasteiger partial charge on any atom is -0.470 e. The third-order valence-corrected chi connectivity index (χ3v) is 4.32. The molecule has 2 aromatic rings. The molecule has 0 saturated carbocycles. The molecule has 2 atom stereocenters. The molecular weight excluding hydrogens is 302 g/mol. The Morgan fingerprint density at radius 1 is 1.25 bits per heavy atom. The number of carbonyl (C=O) groups excluding carboxylic acids is 1. The molecule has 126 valence electrons. The molecule has 1 aliphatic heterocycles. The van der Waals surface area contributed by atoms with E-state index >= 15 is 0 Å². The van der Waals surface area contributed by atoms with Gasteiger partial charge in [-0.05, 0) is 23.6 Å². The topological polar surface area (TPSA) is 47.9 Å². The molecule has 0 amide bonds. The van der Waals surface area contributed by atoms with Crippen molar-refractivity contribution in [1.82, 2.24) is 0 Å². The maximum absolute atomic E-state index is 12.2. The molecule has 0 spiro atoms. The summed E-state index contributed by atoms with van der Waals surface area (Å²) in [6.07, 6.45) is -0.151. The number of nitrogens with zero attached hydrogens (tertiary/aromatic N) is 1. The second kappa shape index (κ2) is 7.04. The van der Waals surface area contributed by atoms with Gasteiger partial charge in [0.15, 0.2) is 5.90 Å². The smallest absolute Gasteiger partial charge is 0.318 e. The standard InChI is InChI=1S/C20H23NO3/c1-4-23-20(22)18(13(2)3)19-21-12-17(24-19)16-11-7-9-14-8-5-6-10-15(14)16/h5-11,13,17-18H,4,12H2,1-3H3. The Morgan fingerprint density at radius 3 is 2.75 bits per heavy atom. The van der Waals surface area contributed by atoms with E-state index in [0.29, 0.717) is 19.0 Å². The highest BCUT2D eigenvalue weighted by molar-refractivity contribution is 5.99. The van der Waals surface area contributed by atoms with Crippen LogP contribution in [-0.4, -0.2) is 25.0 Å². The lowest BCUT2D eigenvalue weighted by atomic mass is 9.96. The zero-order valence-corrected chi connectivity index (χ0v) is 14.4. The first-order valence-corrected chi connectivity index (χ1v) is 8.47. The number of esters is 1. The van der Waals surface area contributed by atoms with Crippen molar-refractivity contribution in [2.75, 3.05) is 13.2 Å². The Kier molecular flexibility index (Phi) is 4.84. The summed E-state index contributed by atoms with van der Waals surface area (Å²) in [5, 5.41) is 2.34. The quantitative estimate of drug-likeness (QED) is 0.776. The van der Waals surface area contributed by atoms with Crippen molar-refractivity contribution in [3.05, 3.63) is 48.0 Å². The zero-order valence-electron chi connectivity index (χ0n) is 14.4. The second-order valence-electron chi connectivity index (χ2n) is 6.33. The first kappa shape index (κ1) is 16.5. The molecule has 4 nitrogen and oxygen atoms in total. The molecule has 0 aliphatic carbocycles. The molecular formula is C20H23NO3. The van der Waals surface area contributed by atoms with Crippen LogP contribution in [0.5, 0.6) is 0 Å². The fourth-order valence-corrected chi connectivity index (χ4v) is 3.15. The Labute approximate surface area is 142 Å². The largest absolute Gasteiger partial charge is 0.470 e. The van der Waals surface area contributed by atoms with Gasteiger partial charge < -0.3 is 9.47 Å². The third kappa shape index (κ3) is 3.14. The number of hydrogen-bond acceptors (Lipinski definition) is 4. The molecule has 0 N–H and O–H groups in total. The third-order valence-electron chi connectivity index (χ3n) is 4.32. The maximum atomic E-state index is 12.2. The highest BCUT2D eigenvalue weighted by Gasteiger charge is 2.35. The SMILES string of the molecule is CCOC(=O)C(C1=NCC(c2cccc3ccccc23)O1)C(C)C. The van der Waals surface area contributed by atoms with Crippen LogP contribution < -0.4 is 0 Å². The summed E-state index contributed by atoms with van der Waals surface area (Å²) in [5.41, 5.74) is 1.11. The Balaban J connectivity index is 1.84. The molecule has 0 bridgehead atoms. The van der Waals surface area contributed by atoms with Crippen LogP contribution in [0.15, 0.2) is 47.5 Å². The van der Waals surface area contributed by atoms with Crippen molar-refractivity contribution in [3.8, 4) is 0 Å². The molecule has 0 fully saturated rings. The van der Waals surface area contributed by atoms with Crippen molar-refractivity contribution in [2.24, 2.45) is 16.8 Å². The summed E-state index contributed by atoms with van der Waals surface area (Å²) in [4.78, 5) is 16.8. The van der Waals surface area contributed by atoms with Crippen LogP contribution >= 0.6 is 0 Å². The van der Waals surface area contributed by atoms with E-state index in [9.17, 15) is 4.79 Å². The summed E-state index contributed by atoms with van der Waals surface area (Å²) in [6.45, 7) is 6.68. The average molecular weight is 325 g/mol. The highest BCUT2D eigenvalue weighted by Crippen LogP contribution is 2.32. The van der Waals surface area contributed by atoms with Gasteiger partial charge in [-0.15, -0.1) is 0 Å². The summed E-state index contributed by atoms with van der Waals surface area (Å²) in [7, 11) is 0. The Morgan fingerprint density at radius 2 is 2.00 bits per heavy atom. The zero-order chi connectivity index (χ0) is 17.1. The predicted molar refractivity (Wildman–Crippen MR) is 95.0 cm³/mol. The van der Waals surface area contributed by atoms with Gasteiger partial charge in [-0.25, -0.2) is 0 Å². The number of carbonyl (C=O) groups is 1. The van der Waals surface area contributed by atoms with Gasteiger partial charge >= 0.3 is 5.97 Å². The predicted octanol–water partition coefficient (Wildman–Crippen LogP) is 4.14. The van der Waals surface area contributed by atoms with Gasteiger partial charge in [0.1, 0.15) is 12.0 Å². The van der Waals surface area contributed by atoms with Crippen molar-refractivity contribution < 1.29 is 14.3 Å². The van der Waals surface area contributed by atoms with Gasteiger partial charge in [-0.1, -0.05) is 56.3 Å². The molecule has 0 aromatic heterocycles. The minimum absolute atomic E-state index is 0.0778. The number of aliphatic imine (C=N–C) groups is 1.